The third-order valence-electron chi connectivity index (χ3n) is 3.72. The molecule has 0 spiro atoms. The van der Waals surface area contributed by atoms with Crippen molar-refractivity contribution in [2.45, 2.75) is 0 Å². The Morgan fingerprint density at radius 3 is 2.32 bits per heavy atom. The molecule has 0 bridgehead atoms. The lowest BCUT2D eigenvalue weighted by atomic mass is 10.1. The van der Waals surface area contributed by atoms with Gasteiger partial charge in [-0.1, -0.05) is 24.3 Å². The monoisotopic (exact) mass is 342 g/mol. The number of methoxy groups -OCH3 is 2. The minimum atomic E-state index is 0. The maximum Gasteiger partial charge on any atom is 0.318 e. The van der Waals surface area contributed by atoms with E-state index in [2.05, 4.69) is 38.1 Å². The number of nitrogens with zero attached hydrogens (tertiary/aromatic N) is 3. The zero-order valence-electron chi connectivity index (χ0n) is 13.7. The summed E-state index contributed by atoms with van der Waals surface area (Å²) in [5.41, 5.74) is 2.18. The normalized spacial score (nSPS) is 10.2. The number of ether oxygens (including phenoxy) is 2. The molecule has 0 atom stereocenters. The number of imidazole rings is 1. The lowest BCUT2D eigenvalue weighted by Gasteiger charge is -2.08. The van der Waals surface area contributed by atoms with Crippen molar-refractivity contribution in [2.75, 3.05) is 14.2 Å². The summed E-state index contributed by atoms with van der Waals surface area (Å²) in [5.74, 6) is 1.44. The number of nitrogens with one attached hydrogen (secondary N) is 1. The van der Waals surface area contributed by atoms with Gasteiger partial charge < -0.3 is 25.4 Å². The predicted molar refractivity (Wildman–Crippen MR) is 95.0 cm³/mol. The van der Waals surface area contributed by atoms with E-state index < -0.39 is 0 Å². The van der Waals surface area contributed by atoms with Gasteiger partial charge in [0.15, 0.2) is 5.65 Å². The number of benzene rings is 2. The molecular formula is C17H18N4O4. The summed E-state index contributed by atoms with van der Waals surface area (Å²) >= 11 is 0. The third-order valence-corrected chi connectivity index (χ3v) is 3.72. The van der Waals surface area contributed by atoms with E-state index in [-0.39, 0.29) is 11.0 Å². The van der Waals surface area contributed by atoms with E-state index in [0.29, 0.717) is 17.5 Å². The van der Waals surface area contributed by atoms with Gasteiger partial charge in [-0.2, -0.15) is 4.98 Å². The van der Waals surface area contributed by atoms with Crippen LogP contribution in [-0.2, 0) is 0 Å². The molecule has 2 aromatic heterocycles. The highest BCUT2D eigenvalue weighted by molar-refractivity contribution is 5.90. The quantitative estimate of drug-likeness (QED) is 0.602. The molecule has 0 saturated carbocycles. The zero-order chi connectivity index (χ0) is 15.8. The topological polar surface area (TPSA) is 136 Å². The van der Waals surface area contributed by atoms with Crippen molar-refractivity contribution < 1.29 is 20.4 Å². The van der Waals surface area contributed by atoms with Crippen molar-refractivity contribution in [1.82, 2.24) is 19.9 Å². The van der Waals surface area contributed by atoms with Crippen LogP contribution in [0.3, 0.4) is 0 Å². The molecule has 8 nitrogen and oxygen atoms in total. The van der Waals surface area contributed by atoms with Gasteiger partial charge in [-0.05, 0) is 22.9 Å². The average molecular weight is 342 g/mol. The molecule has 0 amide bonds. The molecule has 2 aromatic carbocycles. The Bertz CT molecular complexity index is 1020. The van der Waals surface area contributed by atoms with E-state index in [1.165, 1.54) is 7.11 Å². The molecular weight excluding hydrogens is 324 g/mol. The van der Waals surface area contributed by atoms with Crippen LogP contribution in [0.5, 0.6) is 11.8 Å². The van der Waals surface area contributed by atoms with Crippen LogP contribution < -0.4 is 9.47 Å². The van der Waals surface area contributed by atoms with Crippen LogP contribution in [0.25, 0.3) is 33.3 Å². The highest BCUT2D eigenvalue weighted by Gasteiger charge is 2.13. The highest BCUT2D eigenvalue weighted by atomic mass is 16.5. The maximum atomic E-state index is 5.53. The van der Waals surface area contributed by atoms with Crippen LogP contribution in [0, 0.1) is 0 Å². The molecule has 0 aliphatic rings. The standard InChI is InChI=1S/C17H14N4O2.2H2O/c1-22-14-8-11-6-4-3-5-10(11)7-12(14)15-19-13-9-18-17(23-2)21-16(13)20-15;;/h3-9H,1-2H3,(H,18,19,20,21);2*1H2. The van der Waals surface area contributed by atoms with Gasteiger partial charge in [-0.15, -0.1) is 0 Å². The lowest BCUT2D eigenvalue weighted by molar-refractivity contribution is 0.381. The van der Waals surface area contributed by atoms with E-state index in [9.17, 15) is 0 Å². The predicted octanol–water partition coefficient (Wildman–Crippen LogP) is 1.54. The Balaban J connectivity index is 0.00000113. The second kappa shape index (κ2) is 7.12. The van der Waals surface area contributed by atoms with Crippen molar-refractivity contribution in [3.63, 3.8) is 0 Å². The van der Waals surface area contributed by atoms with Crippen molar-refractivity contribution in [3.05, 3.63) is 42.6 Å². The van der Waals surface area contributed by atoms with Gasteiger partial charge in [0.05, 0.1) is 26.0 Å². The SMILES string of the molecule is COc1ncc2[nH]c(-c3cc4ccccc4cc3OC)nc2n1.O.O. The van der Waals surface area contributed by atoms with Gasteiger partial charge in [0.25, 0.3) is 0 Å². The summed E-state index contributed by atoms with van der Waals surface area (Å²) in [5, 5.41) is 2.23. The van der Waals surface area contributed by atoms with Gasteiger partial charge in [-0.3, -0.25) is 0 Å². The van der Waals surface area contributed by atoms with Crippen molar-refractivity contribution in [1.29, 1.82) is 0 Å². The van der Waals surface area contributed by atoms with E-state index in [0.717, 1.165) is 27.6 Å². The molecule has 2 heterocycles. The Morgan fingerprint density at radius 2 is 1.64 bits per heavy atom. The number of hydrogen-bond donors (Lipinski definition) is 1. The fourth-order valence-corrected chi connectivity index (χ4v) is 2.59. The van der Waals surface area contributed by atoms with Gasteiger partial charge in [-0.25, -0.2) is 9.97 Å². The fourth-order valence-electron chi connectivity index (χ4n) is 2.59. The van der Waals surface area contributed by atoms with Gasteiger partial charge in [0.2, 0.25) is 0 Å². The number of H-pyrrole nitrogens is 1. The van der Waals surface area contributed by atoms with Crippen LogP contribution in [-0.4, -0.2) is 45.1 Å². The first kappa shape index (κ1) is 18.1. The van der Waals surface area contributed by atoms with Crippen molar-refractivity contribution in [3.8, 4) is 23.1 Å². The second-order valence-corrected chi connectivity index (χ2v) is 5.08. The smallest absolute Gasteiger partial charge is 0.318 e. The molecule has 8 heteroatoms. The second-order valence-electron chi connectivity index (χ2n) is 5.08. The Morgan fingerprint density at radius 1 is 0.920 bits per heavy atom. The molecule has 5 N–H and O–H groups in total. The number of aromatic nitrogens is 4. The Kier molecular flexibility index (Phi) is 5.16. The molecule has 4 aromatic rings. The first-order valence-electron chi connectivity index (χ1n) is 7.12. The Labute approximate surface area is 143 Å². The summed E-state index contributed by atoms with van der Waals surface area (Å²) in [4.78, 5) is 16.1. The number of rotatable bonds is 3. The lowest BCUT2D eigenvalue weighted by Crippen LogP contribution is -1.91. The number of fused-ring (bicyclic) bond motifs is 2. The largest absolute Gasteiger partial charge is 0.496 e. The molecule has 25 heavy (non-hydrogen) atoms. The van der Waals surface area contributed by atoms with Crippen LogP contribution in [0.4, 0.5) is 0 Å². The van der Waals surface area contributed by atoms with Gasteiger partial charge in [0.1, 0.15) is 17.1 Å². The fraction of sp³-hybridized carbons (Fsp3) is 0.118. The summed E-state index contributed by atoms with van der Waals surface area (Å²) < 4.78 is 10.6. The summed E-state index contributed by atoms with van der Waals surface area (Å²) in [7, 11) is 3.18. The summed E-state index contributed by atoms with van der Waals surface area (Å²) in [6, 6.07) is 12.5. The zero-order valence-corrected chi connectivity index (χ0v) is 13.7. The van der Waals surface area contributed by atoms with Crippen LogP contribution in [0.2, 0.25) is 0 Å². The minimum absolute atomic E-state index is 0. The van der Waals surface area contributed by atoms with Crippen LogP contribution in [0.1, 0.15) is 0 Å². The van der Waals surface area contributed by atoms with Crippen molar-refractivity contribution in [2.24, 2.45) is 0 Å². The molecule has 0 unspecified atom stereocenters. The molecule has 0 aliphatic heterocycles. The number of hydrogen-bond acceptors (Lipinski definition) is 5. The molecule has 0 radical (unpaired) electrons. The molecule has 130 valence electrons. The highest BCUT2D eigenvalue weighted by Crippen LogP contribution is 2.33. The minimum Gasteiger partial charge on any atom is -0.496 e. The molecule has 0 saturated heterocycles. The average Bonchev–Trinajstić information content (AvgIpc) is 3.03. The molecule has 4 rings (SSSR count). The van der Waals surface area contributed by atoms with Crippen LogP contribution >= 0.6 is 0 Å². The number of aromatic amines is 1. The van der Waals surface area contributed by atoms with E-state index in [4.69, 9.17) is 9.47 Å². The maximum absolute atomic E-state index is 5.53. The third kappa shape index (κ3) is 3.08. The Hall–Kier alpha value is -3.23. The van der Waals surface area contributed by atoms with Crippen LogP contribution in [0.15, 0.2) is 42.6 Å². The van der Waals surface area contributed by atoms with Gasteiger partial charge in [0, 0.05) is 0 Å². The van der Waals surface area contributed by atoms with Crippen molar-refractivity contribution >= 4 is 21.9 Å². The van der Waals surface area contributed by atoms with Gasteiger partial charge >= 0.3 is 6.01 Å². The first-order valence-corrected chi connectivity index (χ1v) is 7.12. The summed E-state index contributed by atoms with van der Waals surface area (Å²) in [6.07, 6.45) is 1.66. The van der Waals surface area contributed by atoms with E-state index >= 15 is 0 Å². The molecule has 0 fully saturated rings. The summed E-state index contributed by atoms with van der Waals surface area (Å²) in [6.45, 7) is 0. The van der Waals surface area contributed by atoms with E-state index in [1.807, 2.05) is 18.2 Å². The van der Waals surface area contributed by atoms with E-state index in [1.54, 1.807) is 13.3 Å². The first-order chi connectivity index (χ1) is 11.3. The molecule has 0 aliphatic carbocycles.